The first-order valence-electron chi connectivity index (χ1n) is 12.4. The van der Waals surface area contributed by atoms with Crippen molar-refractivity contribution in [3.63, 3.8) is 0 Å². The zero-order valence-corrected chi connectivity index (χ0v) is 19.9. The van der Waals surface area contributed by atoms with Crippen molar-refractivity contribution >= 4 is 16.8 Å². The molecule has 1 aliphatic rings. The van der Waals surface area contributed by atoms with Gasteiger partial charge in [-0.05, 0) is 62.2 Å². The highest BCUT2D eigenvalue weighted by Gasteiger charge is 2.21. The molecule has 5 rings (SSSR count). The van der Waals surface area contributed by atoms with E-state index < -0.39 is 0 Å². The molecule has 1 fully saturated rings. The summed E-state index contributed by atoms with van der Waals surface area (Å²) in [5.41, 5.74) is 2.23. The molecular weight excluding hydrogens is 438 g/mol. The van der Waals surface area contributed by atoms with Crippen LogP contribution in [0.1, 0.15) is 41.6 Å². The predicted octanol–water partition coefficient (Wildman–Crippen LogP) is 5.56. The van der Waals surface area contributed by atoms with E-state index in [0.717, 1.165) is 29.4 Å². The Morgan fingerprint density at radius 2 is 1.57 bits per heavy atom. The molecule has 0 amide bonds. The summed E-state index contributed by atoms with van der Waals surface area (Å²) in [7, 11) is 0. The predicted molar refractivity (Wildman–Crippen MR) is 137 cm³/mol. The van der Waals surface area contributed by atoms with Crippen LogP contribution >= 0.6 is 0 Å². The molecule has 6 nitrogen and oxygen atoms in total. The highest BCUT2D eigenvalue weighted by atomic mass is 16.5. The van der Waals surface area contributed by atoms with Gasteiger partial charge in [0.1, 0.15) is 12.4 Å². The number of nitrogens with zero attached hydrogens (tertiary/aromatic N) is 3. The monoisotopic (exact) mass is 469 g/mol. The Morgan fingerprint density at radius 3 is 2.43 bits per heavy atom. The van der Waals surface area contributed by atoms with Gasteiger partial charge in [-0.2, -0.15) is 4.68 Å². The van der Waals surface area contributed by atoms with Crippen LogP contribution in [-0.2, 0) is 6.61 Å². The standard InChI is InChI=1S/C29H31N3O3/c33-29(25-15-6-8-17-27(25)35-22-23-12-3-1-4-13-23)32-26-16-7-5-14-24(26)28(30-32)34-21-11-20-31-18-9-2-10-19-31/h1,3-8,12-17H,2,9-11,18-22H2. The topological polar surface area (TPSA) is 56.6 Å². The lowest BCUT2D eigenvalue weighted by atomic mass is 10.1. The fraction of sp³-hybridized carbons (Fsp3) is 0.310. The van der Waals surface area contributed by atoms with Crippen LogP contribution in [-0.4, -0.2) is 46.8 Å². The number of hydrogen-bond donors (Lipinski definition) is 0. The zero-order valence-electron chi connectivity index (χ0n) is 19.9. The minimum absolute atomic E-state index is 0.243. The number of para-hydroxylation sites is 2. The van der Waals surface area contributed by atoms with Gasteiger partial charge in [-0.3, -0.25) is 4.79 Å². The van der Waals surface area contributed by atoms with E-state index in [1.807, 2.05) is 72.8 Å². The minimum Gasteiger partial charge on any atom is -0.488 e. The third kappa shape index (κ3) is 5.54. The van der Waals surface area contributed by atoms with Gasteiger partial charge in [0, 0.05) is 6.54 Å². The lowest BCUT2D eigenvalue weighted by Gasteiger charge is -2.26. The first kappa shape index (κ1) is 23.1. The van der Waals surface area contributed by atoms with E-state index in [0.29, 0.717) is 30.4 Å². The largest absolute Gasteiger partial charge is 0.488 e. The van der Waals surface area contributed by atoms with Gasteiger partial charge in [0.15, 0.2) is 0 Å². The van der Waals surface area contributed by atoms with Crippen LogP contribution < -0.4 is 9.47 Å². The van der Waals surface area contributed by atoms with E-state index in [4.69, 9.17) is 9.47 Å². The third-order valence-electron chi connectivity index (χ3n) is 6.41. The number of aromatic nitrogens is 2. The molecule has 2 heterocycles. The lowest BCUT2D eigenvalue weighted by Crippen LogP contribution is -2.31. The molecule has 0 saturated carbocycles. The van der Waals surface area contributed by atoms with Crippen molar-refractivity contribution in [3.8, 4) is 11.6 Å². The van der Waals surface area contributed by atoms with Gasteiger partial charge in [0.05, 0.1) is 23.1 Å². The van der Waals surface area contributed by atoms with Gasteiger partial charge >= 0.3 is 0 Å². The van der Waals surface area contributed by atoms with Crippen LogP contribution in [0.5, 0.6) is 11.6 Å². The Balaban J connectivity index is 1.32. The van der Waals surface area contributed by atoms with Crippen molar-refractivity contribution in [1.29, 1.82) is 0 Å². The quantitative estimate of drug-likeness (QED) is 0.301. The normalized spacial score (nSPS) is 14.2. The molecule has 0 aliphatic carbocycles. The first-order chi connectivity index (χ1) is 17.3. The highest BCUT2D eigenvalue weighted by molar-refractivity contribution is 6.03. The van der Waals surface area contributed by atoms with Gasteiger partial charge in [-0.15, -0.1) is 5.10 Å². The number of fused-ring (bicyclic) bond motifs is 1. The fourth-order valence-corrected chi connectivity index (χ4v) is 4.56. The van der Waals surface area contributed by atoms with Crippen LogP contribution in [0.4, 0.5) is 0 Å². The second kappa shape index (κ2) is 11.2. The molecule has 4 aromatic rings. The number of piperidine rings is 1. The van der Waals surface area contributed by atoms with Crippen molar-refractivity contribution in [2.24, 2.45) is 0 Å². The maximum absolute atomic E-state index is 13.6. The molecule has 1 saturated heterocycles. The van der Waals surface area contributed by atoms with Gasteiger partial charge in [0.2, 0.25) is 5.88 Å². The molecule has 35 heavy (non-hydrogen) atoms. The zero-order chi connectivity index (χ0) is 23.9. The van der Waals surface area contributed by atoms with E-state index in [1.165, 1.54) is 37.0 Å². The Morgan fingerprint density at radius 1 is 0.829 bits per heavy atom. The number of rotatable bonds is 9. The van der Waals surface area contributed by atoms with Crippen molar-refractivity contribution in [2.75, 3.05) is 26.2 Å². The maximum atomic E-state index is 13.6. The molecule has 0 spiro atoms. The van der Waals surface area contributed by atoms with Crippen molar-refractivity contribution in [3.05, 3.63) is 90.0 Å². The molecule has 0 radical (unpaired) electrons. The van der Waals surface area contributed by atoms with Gasteiger partial charge in [0.25, 0.3) is 5.91 Å². The summed E-state index contributed by atoms with van der Waals surface area (Å²) in [4.78, 5) is 16.1. The maximum Gasteiger partial charge on any atom is 0.282 e. The molecule has 1 aromatic heterocycles. The van der Waals surface area contributed by atoms with Gasteiger partial charge in [-0.1, -0.05) is 61.0 Å². The first-order valence-corrected chi connectivity index (χ1v) is 12.4. The second-order valence-electron chi connectivity index (χ2n) is 8.91. The lowest BCUT2D eigenvalue weighted by molar-refractivity contribution is 0.0943. The Kier molecular flexibility index (Phi) is 7.39. The molecule has 180 valence electrons. The average molecular weight is 470 g/mol. The average Bonchev–Trinajstić information content (AvgIpc) is 3.29. The van der Waals surface area contributed by atoms with Crippen LogP contribution in [0.25, 0.3) is 10.9 Å². The van der Waals surface area contributed by atoms with Crippen LogP contribution in [0.15, 0.2) is 78.9 Å². The van der Waals surface area contributed by atoms with Crippen LogP contribution in [0.2, 0.25) is 0 Å². The summed E-state index contributed by atoms with van der Waals surface area (Å²) in [6.07, 6.45) is 4.85. The Hall–Kier alpha value is -3.64. The molecule has 1 aliphatic heterocycles. The minimum atomic E-state index is -0.243. The Bertz CT molecular complexity index is 1260. The third-order valence-corrected chi connectivity index (χ3v) is 6.41. The number of hydrogen-bond acceptors (Lipinski definition) is 5. The molecule has 0 atom stereocenters. The van der Waals surface area contributed by atoms with Crippen molar-refractivity contribution < 1.29 is 14.3 Å². The van der Waals surface area contributed by atoms with Crippen LogP contribution in [0, 0.1) is 0 Å². The summed E-state index contributed by atoms with van der Waals surface area (Å²) < 4.78 is 13.5. The van der Waals surface area contributed by atoms with E-state index in [2.05, 4.69) is 10.00 Å². The van der Waals surface area contributed by atoms with Crippen LogP contribution in [0.3, 0.4) is 0 Å². The van der Waals surface area contributed by atoms with Gasteiger partial charge in [-0.25, -0.2) is 0 Å². The van der Waals surface area contributed by atoms with E-state index in [1.54, 1.807) is 6.07 Å². The highest BCUT2D eigenvalue weighted by Crippen LogP contribution is 2.28. The number of ether oxygens (including phenoxy) is 2. The smallest absolute Gasteiger partial charge is 0.282 e. The number of likely N-dealkylation sites (tertiary alicyclic amines) is 1. The second-order valence-corrected chi connectivity index (χ2v) is 8.91. The summed E-state index contributed by atoms with van der Waals surface area (Å²) in [5.74, 6) is 0.785. The van der Waals surface area contributed by atoms with E-state index in [9.17, 15) is 4.79 Å². The van der Waals surface area contributed by atoms with Crippen molar-refractivity contribution in [1.82, 2.24) is 14.7 Å². The SMILES string of the molecule is O=C(c1ccccc1OCc1ccccc1)n1nc(OCCCN2CCCCC2)c2ccccc21. The molecule has 0 bridgehead atoms. The molecule has 3 aromatic carbocycles. The molecule has 0 unspecified atom stereocenters. The summed E-state index contributed by atoms with van der Waals surface area (Å²) >= 11 is 0. The van der Waals surface area contributed by atoms with E-state index >= 15 is 0 Å². The Labute approximate surface area is 206 Å². The van der Waals surface area contributed by atoms with Gasteiger partial charge < -0.3 is 14.4 Å². The molecular formula is C29H31N3O3. The number of carbonyl (C=O) groups is 1. The summed E-state index contributed by atoms with van der Waals surface area (Å²) in [5, 5.41) is 5.42. The summed E-state index contributed by atoms with van der Waals surface area (Å²) in [6, 6.07) is 24.9. The van der Waals surface area contributed by atoms with Crippen molar-refractivity contribution in [2.45, 2.75) is 32.3 Å². The number of carbonyl (C=O) groups excluding carboxylic acids is 1. The summed E-state index contributed by atoms with van der Waals surface area (Å²) in [6.45, 7) is 4.35. The van der Waals surface area contributed by atoms with E-state index in [-0.39, 0.29) is 5.91 Å². The molecule has 0 N–H and O–H groups in total. The molecule has 6 heteroatoms. The fourth-order valence-electron chi connectivity index (χ4n) is 4.56. The number of benzene rings is 3.